The molecule has 0 aliphatic rings. The second-order valence-corrected chi connectivity index (χ2v) is 5.55. The number of rotatable bonds is 5. The van der Waals surface area contributed by atoms with Gasteiger partial charge >= 0.3 is 0 Å². The van der Waals surface area contributed by atoms with Crippen LogP contribution >= 0.6 is 0 Å². The van der Waals surface area contributed by atoms with Crippen LogP contribution in [0.1, 0.15) is 26.3 Å². The van der Waals surface area contributed by atoms with Crippen molar-refractivity contribution in [3.8, 4) is 0 Å². The molecule has 0 aromatic heterocycles. The third-order valence-electron chi connectivity index (χ3n) is 2.65. The molecule has 0 radical (unpaired) electrons. The molecule has 3 nitrogen and oxygen atoms in total. The first-order valence-corrected chi connectivity index (χ1v) is 6.11. The molecule has 0 saturated carbocycles. The van der Waals surface area contributed by atoms with Crippen molar-refractivity contribution in [2.75, 3.05) is 6.54 Å². The van der Waals surface area contributed by atoms with Crippen molar-refractivity contribution in [2.45, 2.75) is 44.9 Å². The maximum absolute atomic E-state index is 9.95. The Hall–Kier alpha value is -0.900. The zero-order valence-corrected chi connectivity index (χ0v) is 11.0. The minimum atomic E-state index is -0.519. The Bertz CT molecular complexity index is 319. The summed E-state index contributed by atoms with van der Waals surface area (Å²) in [6.45, 7) is 6.74. The Morgan fingerprint density at radius 3 is 2.35 bits per heavy atom. The van der Waals surface area contributed by atoms with E-state index in [9.17, 15) is 5.11 Å². The van der Waals surface area contributed by atoms with Gasteiger partial charge in [0.25, 0.3) is 0 Å². The molecule has 3 heteroatoms. The molecule has 0 saturated heterocycles. The second-order valence-electron chi connectivity index (χ2n) is 5.55. The van der Waals surface area contributed by atoms with Crippen molar-refractivity contribution in [3.05, 3.63) is 35.9 Å². The number of β-amino-alcohol motifs (C(OH)–C–C–N with tert-alkyl or cyclic N) is 1. The molecular weight excluding hydrogens is 212 g/mol. The molecule has 0 bridgehead atoms. The minimum Gasteiger partial charge on any atom is -0.390 e. The van der Waals surface area contributed by atoms with Gasteiger partial charge in [-0.15, -0.1) is 0 Å². The van der Waals surface area contributed by atoms with Gasteiger partial charge in [0.1, 0.15) is 0 Å². The van der Waals surface area contributed by atoms with Crippen LogP contribution in [-0.2, 0) is 6.42 Å². The van der Waals surface area contributed by atoms with E-state index in [2.05, 4.69) is 26.1 Å². The molecule has 1 aromatic rings. The summed E-state index contributed by atoms with van der Waals surface area (Å²) in [5.41, 5.74) is 7.16. The third kappa shape index (κ3) is 5.82. The van der Waals surface area contributed by atoms with Gasteiger partial charge in [0.15, 0.2) is 0 Å². The summed E-state index contributed by atoms with van der Waals surface area (Å²) >= 11 is 0. The average Bonchev–Trinajstić information content (AvgIpc) is 2.26. The van der Waals surface area contributed by atoms with Crippen molar-refractivity contribution >= 4 is 0 Å². The van der Waals surface area contributed by atoms with Crippen LogP contribution in [0.3, 0.4) is 0 Å². The van der Waals surface area contributed by atoms with Crippen LogP contribution in [0.25, 0.3) is 0 Å². The quantitative estimate of drug-likeness (QED) is 0.722. The zero-order valence-electron chi connectivity index (χ0n) is 11.0. The number of aliphatic hydroxyl groups excluding tert-OH is 1. The number of aliphatic hydroxyl groups is 1. The van der Waals surface area contributed by atoms with E-state index in [1.165, 1.54) is 0 Å². The van der Waals surface area contributed by atoms with Gasteiger partial charge in [-0.3, -0.25) is 0 Å². The highest BCUT2D eigenvalue weighted by atomic mass is 16.3. The predicted molar refractivity (Wildman–Crippen MR) is 71.9 cm³/mol. The summed E-state index contributed by atoms with van der Waals surface area (Å²) < 4.78 is 0. The molecule has 2 atom stereocenters. The molecule has 0 aliphatic carbocycles. The number of hydrogen-bond acceptors (Lipinski definition) is 3. The van der Waals surface area contributed by atoms with E-state index < -0.39 is 6.10 Å². The lowest BCUT2D eigenvalue weighted by molar-refractivity contribution is 0.133. The summed E-state index contributed by atoms with van der Waals surface area (Å²) in [5, 5.41) is 13.2. The lowest BCUT2D eigenvalue weighted by Crippen LogP contribution is -2.48. The highest BCUT2D eigenvalue weighted by Gasteiger charge is 2.18. The van der Waals surface area contributed by atoms with Crippen molar-refractivity contribution in [2.24, 2.45) is 5.73 Å². The maximum atomic E-state index is 9.95. The van der Waals surface area contributed by atoms with Gasteiger partial charge in [-0.25, -0.2) is 0 Å². The highest BCUT2D eigenvalue weighted by Crippen LogP contribution is 2.05. The van der Waals surface area contributed by atoms with Gasteiger partial charge in [0.05, 0.1) is 6.10 Å². The van der Waals surface area contributed by atoms with Crippen molar-refractivity contribution in [1.29, 1.82) is 0 Å². The van der Waals surface area contributed by atoms with E-state index in [1.807, 2.05) is 30.3 Å². The smallest absolute Gasteiger partial charge is 0.0818 e. The fourth-order valence-electron chi connectivity index (χ4n) is 1.58. The molecular formula is C14H24N2O. The molecule has 1 aromatic carbocycles. The van der Waals surface area contributed by atoms with E-state index in [4.69, 9.17) is 5.73 Å². The fourth-order valence-corrected chi connectivity index (χ4v) is 1.58. The summed E-state index contributed by atoms with van der Waals surface area (Å²) in [6.07, 6.45) is 0.183. The van der Waals surface area contributed by atoms with Crippen LogP contribution in [0.5, 0.6) is 0 Å². The molecule has 1 rings (SSSR count). The molecule has 4 N–H and O–H groups in total. The summed E-state index contributed by atoms with van der Waals surface area (Å²) in [6, 6.07) is 9.79. The topological polar surface area (TPSA) is 58.3 Å². The van der Waals surface area contributed by atoms with Crippen LogP contribution in [0.15, 0.2) is 30.3 Å². The van der Waals surface area contributed by atoms with Gasteiger partial charge in [0, 0.05) is 18.1 Å². The predicted octanol–water partition coefficient (Wildman–Crippen LogP) is 1.31. The number of hydrogen-bond donors (Lipinski definition) is 3. The Morgan fingerprint density at radius 2 is 1.82 bits per heavy atom. The third-order valence-corrected chi connectivity index (χ3v) is 2.65. The summed E-state index contributed by atoms with van der Waals surface area (Å²) in [7, 11) is 0. The fraction of sp³-hybridized carbons (Fsp3) is 0.571. The average molecular weight is 236 g/mol. The molecule has 0 unspecified atom stereocenters. The molecule has 0 aliphatic heterocycles. The molecule has 0 heterocycles. The van der Waals surface area contributed by atoms with Gasteiger partial charge in [-0.2, -0.15) is 0 Å². The Kier molecular flexibility index (Phi) is 5.12. The zero-order chi connectivity index (χ0) is 12.9. The SMILES string of the molecule is CC(C)(C)NC[C@@H](O)[C@@H](N)Cc1ccccc1. The number of nitrogens with one attached hydrogen (secondary N) is 1. The van der Waals surface area contributed by atoms with Crippen LogP contribution in [0.4, 0.5) is 0 Å². The standard InChI is InChI=1S/C14H24N2O/c1-14(2,3)16-10-13(17)12(15)9-11-7-5-4-6-8-11/h4-8,12-13,16-17H,9-10,15H2,1-3H3/t12-,13+/m0/s1. The minimum absolute atomic E-state index is 0.00739. The lowest BCUT2D eigenvalue weighted by Gasteiger charge is -2.25. The van der Waals surface area contributed by atoms with E-state index in [0.29, 0.717) is 13.0 Å². The number of benzene rings is 1. The Morgan fingerprint density at radius 1 is 1.24 bits per heavy atom. The first kappa shape index (κ1) is 14.2. The molecule has 0 spiro atoms. The van der Waals surface area contributed by atoms with Crippen LogP contribution in [-0.4, -0.2) is 29.3 Å². The molecule has 0 amide bonds. The van der Waals surface area contributed by atoms with Crippen molar-refractivity contribution in [1.82, 2.24) is 5.32 Å². The molecule has 0 fully saturated rings. The van der Waals surface area contributed by atoms with Crippen molar-refractivity contribution in [3.63, 3.8) is 0 Å². The normalized spacial score (nSPS) is 15.6. The largest absolute Gasteiger partial charge is 0.390 e. The van der Waals surface area contributed by atoms with E-state index in [1.54, 1.807) is 0 Å². The maximum Gasteiger partial charge on any atom is 0.0818 e. The number of nitrogens with two attached hydrogens (primary N) is 1. The van der Waals surface area contributed by atoms with Crippen molar-refractivity contribution < 1.29 is 5.11 Å². The highest BCUT2D eigenvalue weighted by molar-refractivity contribution is 5.16. The Balaban J connectivity index is 2.40. The van der Waals surface area contributed by atoms with E-state index in [0.717, 1.165) is 5.56 Å². The van der Waals surface area contributed by atoms with Crippen LogP contribution in [0.2, 0.25) is 0 Å². The van der Waals surface area contributed by atoms with Gasteiger partial charge in [-0.05, 0) is 32.8 Å². The summed E-state index contributed by atoms with van der Waals surface area (Å²) in [4.78, 5) is 0. The van der Waals surface area contributed by atoms with Gasteiger partial charge < -0.3 is 16.2 Å². The molecule has 96 valence electrons. The van der Waals surface area contributed by atoms with Gasteiger partial charge in [-0.1, -0.05) is 30.3 Å². The van der Waals surface area contributed by atoms with Crippen LogP contribution < -0.4 is 11.1 Å². The van der Waals surface area contributed by atoms with E-state index >= 15 is 0 Å². The monoisotopic (exact) mass is 236 g/mol. The first-order chi connectivity index (χ1) is 7.88. The molecule has 17 heavy (non-hydrogen) atoms. The Labute approximate surface area is 104 Å². The lowest BCUT2D eigenvalue weighted by atomic mass is 10.0. The second kappa shape index (κ2) is 6.15. The van der Waals surface area contributed by atoms with E-state index in [-0.39, 0.29) is 11.6 Å². The summed E-state index contributed by atoms with van der Waals surface area (Å²) in [5.74, 6) is 0. The first-order valence-electron chi connectivity index (χ1n) is 6.11. The van der Waals surface area contributed by atoms with Crippen LogP contribution in [0, 0.1) is 0 Å². The van der Waals surface area contributed by atoms with Gasteiger partial charge in [0.2, 0.25) is 0 Å².